The van der Waals surface area contributed by atoms with Gasteiger partial charge in [-0.15, -0.1) is 11.3 Å². The van der Waals surface area contributed by atoms with Crippen molar-refractivity contribution in [3.05, 3.63) is 16.6 Å². The van der Waals surface area contributed by atoms with Crippen molar-refractivity contribution >= 4 is 29.1 Å². The van der Waals surface area contributed by atoms with E-state index in [9.17, 15) is 22.8 Å². The molecule has 0 aliphatic carbocycles. The highest BCUT2D eigenvalue weighted by molar-refractivity contribution is 7.09. The summed E-state index contributed by atoms with van der Waals surface area (Å²) in [6.45, 7) is 3.67. The van der Waals surface area contributed by atoms with Crippen molar-refractivity contribution in [1.82, 2.24) is 19.7 Å². The summed E-state index contributed by atoms with van der Waals surface area (Å²) in [4.78, 5) is 43.6. The highest BCUT2D eigenvalue weighted by Crippen LogP contribution is 2.41. The van der Waals surface area contributed by atoms with Crippen molar-refractivity contribution in [2.45, 2.75) is 32.0 Å². The predicted molar refractivity (Wildman–Crippen MR) is 103 cm³/mol. The standard InChI is InChI=1S/C16H24N4O2S.C2HF3O2/c1-18(2)14(21)12-20-9-5-16(15(20)22)3-7-19(8-4-16)11-13-17-6-10-23-13;3-2(4,5)1(6)7/h6,10H,3-5,7-9,11-12H2,1-2H3;(H,6,7). The molecule has 2 aliphatic heterocycles. The second-order valence-corrected chi connectivity index (χ2v) is 8.53. The van der Waals surface area contributed by atoms with Crippen molar-refractivity contribution in [1.29, 1.82) is 0 Å². The number of hydrogen-bond donors (Lipinski definition) is 1. The van der Waals surface area contributed by atoms with Crippen LogP contribution in [-0.4, -0.2) is 89.0 Å². The zero-order chi connectivity index (χ0) is 22.5. The summed E-state index contributed by atoms with van der Waals surface area (Å²) < 4.78 is 31.7. The first-order valence-electron chi connectivity index (χ1n) is 9.35. The van der Waals surface area contributed by atoms with Gasteiger partial charge in [0.05, 0.1) is 18.5 Å². The monoisotopic (exact) mass is 450 g/mol. The fraction of sp³-hybridized carbons (Fsp3) is 0.667. The molecule has 30 heavy (non-hydrogen) atoms. The third kappa shape index (κ3) is 6.14. The van der Waals surface area contributed by atoms with Crippen molar-refractivity contribution < 1.29 is 32.7 Å². The predicted octanol–water partition coefficient (Wildman–Crippen LogP) is 1.68. The van der Waals surface area contributed by atoms with Crippen LogP contribution in [0.5, 0.6) is 0 Å². The number of halogens is 3. The van der Waals surface area contributed by atoms with Gasteiger partial charge in [-0.05, 0) is 32.4 Å². The molecule has 0 aromatic carbocycles. The number of carbonyl (C=O) groups excluding carboxylic acids is 2. The SMILES string of the molecule is CN(C)C(=O)CN1CCC2(CCN(Cc3nccs3)CC2)C1=O.O=C(O)C(F)(F)F. The van der Waals surface area contributed by atoms with Crippen LogP contribution in [0.4, 0.5) is 13.2 Å². The average Bonchev–Trinajstić information content (AvgIpc) is 3.27. The first-order valence-corrected chi connectivity index (χ1v) is 10.2. The fourth-order valence-electron chi connectivity index (χ4n) is 3.47. The molecule has 2 saturated heterocycles. The Morgan fingerprint density at radius 2 is 1.80 bits per heavy atom. The molecule has 2 fully saturated rings. The third-order valence-electron chi connectivity index (χ3n) is 5.32. The molecule has 12 heteroatoms. The quantitative estimate of drug-likeness (QED) is 0.750. The lowest BCUT2D eigenvalue weighted by Crippen LogP contribution is -2.46. The van der Waals surface area contributed by atoms with Crippen LogP contribution >= 0.6 is 11.3 Å². The molecule has 0 atom stereocenters. The van der Waals surface area contributed by atoms with E-state index in [0.717, 1.165) is 43.9 Å². The lowest BCUT2D eigenvalue weighted by atomic mass is 9.77. The Labute approximate surface area is 176 Å². The number of piperidine rings is 1. The molecule has 0 saturated carbocycles. The molecule has 2 aliphatic rings. The Bertz CT molecular complexity index is 747. The van der Waals surface area contributed by atoms with Gasteiger partial charge in [-0.1, -0.05) is 0 Å². The first-order chi connectivity index (χ1) is 13.9. The van der Waals surface area contributed by atoms with E-state index in [1.54, 1.807) is 35.2 Å². The maximum atomic E-state index is 12.8. The normalized spacial score (nSPS) is 18.8. The van der Waals surface area contributed by atoms with Gasteiger partial charge in [-0.2, -0.15) is 13.2 Å². The van der Waals surface area contributed by atoms with E-state index in [4.69, 9.17) is 9.90 Å². The van der Waals surface area contributed by atoms with E-state index in [-0.39, 0.29) is 23.8 Å². The van der Waals surface area contributed by atoms with Gasteiger partial charge in [0, 0.05) is 32.2 Å². The number of likely N-dealkylation sites (N-methyl/N-ethyl adjacent to an activating group) is 1. The van der Waals surface area contributed by atoms with Gasteiger partial charge in [0.1, 0.15) is 5.01 Å². The van der Waals surface area contributed by atoms with E-state index >= 15 is 0 Å². The van der Waals surface area contributed by atoms with Crippen LogP contribution in [0.1, 0.15) is 24.3 Å². The Hall–Kier alpha value is -2.21. The second-order valence-electron chi connectivity index (χ2n) is 7.55. The van der Waals surface area contributed by atoms with Gasteiger partial charge in [-0.25, -0.2) is 9.78 Å². The van der Waals surface area contributed by atoms with E-state index < -0.39 is 12.1 Å². The summed E-state index contributed by atoms with van der Waals surface area (Å²) in [6.07, 6.45) is -0.572. The number of carboxylic acids is 1. The number of amides is 2. The van der Waals surface area contributed by atoms with Crippen molar-refractivity contribution in [2.75, 3.05) is 40.3 Å². The molecule has 8 nitrogen and oxygen atoms in total. The zero-order valence-corrected chi connectivity index (χ0v) is 17.6. The number of likely N-dealkylation sites (tertiary alicyclic amines) is 2. The summed E-state index contributed by atoms with van der Waals surface area (Å²) in [5.74, 6) is -2.58. The van der Waals surface area contributed by atoms with Gasteiger partial charge in [0.25, 0.3) is 0 Å². The van der Waals surface area contributed by atoms with Crippen LogP contribution < -0.4 is 0 Å². The van der Waals surface area contributed by atoms with E-state index in [0.29, 0.717) is 6.54 Å². The number of hydrogen-bond acceptors (Lipinski definition) is 6. The molecule has 3 rings (SSSR count). The smallest absolute Gasteiger partial charge is 0.475 e. The Kier molecular flexibility index (Phi) is 7.81. The molecule has 1 aromatic rings. The molecule has 1 N–H and O–H groups in total. The maximum absolute atomic E-state index is 12.8. The van der Waals surface area contributed by atoms with Crippen molar-refractivity contribution in [2.24, 2.45) is 5.41 Å². The van der Waals surface area contributed by atoms with E-state index in [1.807, 2.05) is 11.6 Å². The first kappa shape index (κ1) is 24.1. The molecule has 2 amide bonds. The Morgan fingerprint density at radius 3 is 2.27 bits per heavy atom. The van der Waals surface area contributed by atoms with Gasteiger partial charge in [0.2, 0.25) is 11.8 Å². The van der Waals surface area contributed by atoms with Crippen LogP contribution in [0.25, 0.3) is 0 Å². The van der Waals surface area contributed by atoms with Crippen molar-refractivity contribution in [3.63, 3.8) is 0 Å². The minimum absolute atomic E-state index is 0.00314. The summed E-state index contributed by atoms with van der Waals surface area (Å²) in [5, 5.41) is 10.3. The summed E-state index contributed by atoms with van der Waals surface area (Å²) >= 11 is 1.68. The minimum atomic E-state index is -5.08. The zero-order valence-electron chi connectivity index (χ0n) is 16.8. The Balaban J connectivity index is 0.000000396. The number of carbonyl (C=O) groups is 3. The highest BCUT2D eigenvalue weighted by Gasteiger charge is 2.48. The molecule has 0 bridgehead atoms. The summed E-state index contributed by atoms with van der Waals surface area (Å²) in [6, 6.07) is 0. The average molecular weight is 450 g/mol. The van der Waals surface area contributed by atoms with Crippen LogP contribution in [0, 0.1) is 5.41 Å². The van der Waals surface area contributed by atoms with E-state index in [2.05, 4.69) is 9.88 Å². The number of aliphatic carboxylic acids is 1. The second kappa shape index (κ2) is 9.73. The maximum Gasteiger partial charge on any atom is 0.490 e. The minimum Gasteiger partial charge on any atom is -0.475 e. The largest absolute Gasteiger partial charge is 0.490 e. The number of rotatable bonds is 4. The van der Waals surface area contributed by atoms with E-state index in [1.165, 1.54) is 0 Å². The van der Waals surface area contributed by atoms with Gasteiger partial charge in [-0.3, -0.25) is 14.5 Å². The third-order valence-corrected chi connectivity index (χ3v) is 6.09. The highest BCUT2D eigenvalue weighted by atomic mass is 32.1. The number of thiazole rings is 1. The fourth-order valence-corrected chi connectivity index (χ4v) is 4.13. The molecule has 0 unspecified atom stereocenters. The van der Waals surface area contributed by atoms with Crippen LogP contribution in [0.2, 0.25) is 0 Å². The number of nitrogens with zero attached hydrogens (tertiary/aromatic N) is 4. The summed E-state index contributed by atoms with van der Waals surface area (Å²) in [5.41, 5.74) is -0.230. The summed E-state index contributed by atoms with van der Waals surface area (Å²) in [7, 11) is 3.46. The van der Waals surface area contributed by atoms with Gasteiger partial charge < -0.3 is 14.9 Å². The number of carboxylic acid groups (broad SMARTS) is 1. The lowest BCUT2D eigenvalue weighted by molar-refractivity contribution is -0.192. The lowest BCUT2D eigenvalue weighted by Gasteiger charge is -2.37. The van der Waals surface area contributed by atoms with Gasteiger partial charge >= 0.3 is 12.1 Å². The van der Waals surface area contributed by atoms with Crippen molar-refractivity contribution in [3.8, 4) is 0 Å². The van der Waals surface area contributed by atoms with Crippen LogP contribution in [-0.2, 0) is 20.9 Å². The molecule has 168 valence electrons. The number of aromatic nitrogens is 1. The molecular formula is C18H25F3N4O4S. The number of alkyl halides is 3. The molecule has 3 heterocycles. The topological polar surface area (TPSA) is 94.1 Å². The molecule has 1 aromatic heterocycles. The molecule has 1 spiro atoms. The Morgan fingerprint density at radius 1 is 1.23 bits per heavy atom. The molecular weight excluding hydrogens is 425 g/mol. The van der Waals surface area contributed by atoms with Gasteiger partial charge in [0.15, 0.2) is 0 Å². The van der Waals surface area contributed by atoms with Crippen LogP contribution in [0.3, 0.4) is 0 Å². The molecule has 0 radical (unpaired) electrons. The van der Waals surface area contributed by atoms with Crippen LogP contribution in [0.15, 0.2) is 11.6 Å².